The Kier molecular flexibility index (Phi) is 4.78. The second-order valence-corrected chi connectivity index (χ2v) is 7.48. The van der Waals surface area contributed by atoms with Gasteiger partial charge >= 0.3 is 11.2 Å². The number of hydrogen-bond acceptors (Lipinski definition) is 6. The van der Waals surface area contributed by atoms with Gasteiger partial charge in [0.2, 0.25) is 0 Å². The fraction of sp³-hybridized carbons (Fsp3) is 0.556. The Morgan fingerprint density at radius 1 is 1.21 bits per heavy atom. The molecule has 0 unspecified atom stereocenters. The number of hydrogen-bond donors (Lipinski definition) is 0. The topological polar surface area (TPSA) is 54.0 Å². The molecule has 1 saturated carbocycles. The fourth-order valence-corrected chi connectivity index (χ4v) is 3.24. The van der Waals surface area contributed by atoms with Crippen LogP contribution in [0.2, 0.25) is 0 Å². The predicted octanol–water partition coefficient (Wildman–Crippen LogP) is 3.12. The zero-order valence-corrected chi connectivity index (χ0v) is 14.9. The van der Waals surface area contributed by atoms with Crippen molar-refractivity contribution in [3.05, 3.63) is 35.9 Å². The Hall–Kier alpha value is -1.66. The van der Waals surface area contributed by atoms with E-state index in [1.807, 2.05) is 26.8 Å². The lowest BCUT2D eigenvalue weighted by Gasteiger charge is -2.23. The molecule has 5 nitrogen and oxygen atoms in total. The van der Waals surface area contributed by atoms with Crippen LogP contribution in [0.15, 0.2) is 30.3 Å². The summed E-state index contributed by atoms with van der Waals surface area (Å²) in [4.78, 5) is 12.3. The van der Waals surface area contributed by atoms with Gasteiger partial charge in [-0.2, -0.15) is 0 Å². The average Bonchev–Trinajstić information content (AvgIpc) is 3.04. The van der Waals surface area contributed by atoms with Gasteiger partial charge in [0.1, 0.15) is 12.2 Å². The van der Waals surface area contributed by atoms with Crippen molar-refractivity contribution in [3.8, 4) is 0 Å². The summed E-state index contributed by atoms with van der Waals surface area (Å²) < 4.78 is 22.7. The van der Waals surface area contributed by atoms with Crippen molar-refractivity contribution in [3.63, 3.8) is 0 Å². The molecule has 0 radical (unpaired) electrons. The van der Waals surface area contributed by atoms with Crippen LogP contribution in [0.1, 0.15) is 37.6 Å². The van der Waals surface area contributed by atoms with Crippen molar-refractivity contribution in [2.24, 2.45) is 5.92 Å². The van der Waals surface area contributed by atoms with Crippen molar-refractivity contribution >= 4 is 23.4 Å². The van der Waals surface area contributed by atoms with Crippen LogP contribution in [0.5, 0.6) is 0 Å². The molecule has 2 fully saturated rings. The number of fused-ring (bicyclic) bond motifs is 1. The minimum absolute atomic E-state index is 0.0725. The van der Waals surface area contributed by atoms with Crippen molar-refractivity contribution in [2.45, 2.75) is 51.1 Å². The number of esters is 1. The van der Waals surface area contributed by atoms with Crippen LogP contribution >= 0.6 is 12.2 Å². The Labute approximate surface area is 147 Å². The van der Waals surface area contributed by atoms with E-state index in [-0.39, 0.29) is 34.9 Å². The molecule has 130 valence electrons. The van der Waals surface area contributed by atoms with Gasteiger partial charge in [-0.25, -0.2) is 4.79 Å². The van der Waals surface area contributed by atoms with Crippen LogP contribution in [-0.4, -0.2) is 41.7 Å². The third kappa shape index (κ3) is 3.87. The zero-order valence-electron chi connectivity index (χ0n) is 14.1. The maximum atomic E-state index is 12.3. The third-order valence-corrected chi connectivity index (χ3v) is 4.35. The minimum atomic E-state index is -0.392. The Bertz CT molecular complexity index is 610. The standard InChI is InChI=1S/C18H22O5S/c1-18(2,3)20-10-12-9-13(15-14(12)22-17(24)23-15)21-16(19)11-7-5-4-6-8-11/h4-8,12-15H,9-10H2,1-3H3/t12-,13+,14-,15+/m0/s1. The summed E-state index contributed by atoms with van der Waals surface area (Å²) in [5.41, 5.74) is 0.277. The van der Waals surface area contributed by atoms with Crippen LogP contribution in [0.25, 0.3) is 0 Å². The first-order valence-corrected chi connectivity index (χ1v) is 8.51. The molecular weight excluding hydrogens is 328 g/mol. The van der Waals surface area contributed by atoms with Crippen molar-refractivity contribution < 1.29 is 23.7 Å². The molecule has 0 amide bonds. The van der Waals surface area contributed by atoms with E-state index in [0.29, 0.717) is 18.6 Å². The van der Waals surface area contributed by atoms with E-state index in [1.54, 1.807) is 24.3 Å². The molecule has 1 saturated heterocycles. The molecule has 0 spiro atoms. The van der Waals surface area contributed by atoms with Crippen molar-refractivity contribution in [2.75, 3.05) is 6.61 Å². The maximum absolute atomic E-state index is 12.3. The number of rotatable bonds is 4. The van der Waals surface area contributed by atoms with Crippen LogP contribution in [0, 0.1) is 5.92 Å². The molecule has 0 bridgehead atoms. The van der Waals surface area contributed by atoms with Crippen LogP contribution in [-0.2, 0) is 18.9 Å². The largest absolute Gasteiger partial charge is 0.455 e. The molecule has 6 heteroatoms. The summed E-state index contributed by atoms with van der Waals surface area (Å²) in [7, 11) is 0. The molecule has 24 heavy (non-hydrogen) atoms. The van der Waals surface area contributed by atoms with Gasteiger partial charge in [-0.05, 0) is 39.3 Å². The number of carbonyl (C=O) groups excluding carboxylic acids is 1. The minimum Gasteiger partial charge on any atom is -0.455 e. The molecule has 0 aromatic heterocycles. The third-order valence-electron chi connectivity index (χ3n) is 4.15. The summed E-state index contributed by atoms with van der Waals surface area (Å²) in [6.45, 7) is 6.52. The van der Waals surface area contributed by atoms with Gasteiger partial charge in [0, 0.05) is 18.1 Å². The second-order valence-electron chi connectivity index (χ2n) is 7.14. The van der Waals surface area contributed by atoms with Gasteiger partial charge in [0.05, 0.1) is 17.8 Å². The van der Waals surface area contributed by atoms with E-state index in [2.05, 4.69) is 0 Å². The second kappa shape index (κ2) is 6.69. The monoisotopic (exact) mass is 350 g/mol. The van der Waals surface area contributed by atoms with Gasteiger partial charge in [-0.1, -0.05) is 18.2 Å². The molecular formula is C18H22O5S. The number of ether oxygens (including phenoxy) is 4. The van der Waals surface area contributed by atoms with Crippen molar-refractivity contribution in [1.82, 2.24) is 0 Å². The lowest BCUT2D eigenvalue weighted by Crippen LogP contribution is -2.32. The van der Waals surface area contributed by atoms with Crippen LogP contribution < -0.4 is 0 Å². The normalized spacial score (nSPS) is 28.9. The van der Waals surface area contributed by atoms with Gasteiger partial charge in [-0.15, -0.1) is 0 Å². The van der Waals surface area contributed by atoms with E-state index in [0.717, 1.165) is 0 Å². The highest BCUT2D eigenvalue weighted by Gasteiger charge is 2.53. The lowest BCUT2D eigenvalue weighted by molar-refractivity contribution is -0.0377. The highest BCUT2D eigenvalue weighted by Crippen LogP contribution is 2.38. The first-order valence-electron chi connectivity index (χ1n) is 8.11. The Morgan fingerprint density at radius 3 is 2.54 bits per heavy atom. The first kappa shape index (κ1) is 17.2. The van der Waals surface area contributed by atoms with Crippen LogP contribution in [0.3, 0.4) is 0 Å². The zero-order chi connectivity index (χ0) is 17.3. The Morgan fingerprint density at radius 2 is 1.88 bits per heavy atom. The van der Waals surface area contributed by atoms with Gasteiger partial charge in [-0.3, -0.25) is 0 Å². The van der Waals surface area contributed by atoms with Crippen molar-refractivity contribution in [1.29, 1.82) is 0 Å². The number of benzene rings is 1. The molecule has 1 aliphatic heterocycles. The van der Waals surface area contributed by atoms with E-state index in [1.165, 1.54) is 0 Å². The molecule has 1 aliphatic carbocycles. The summed E-state index contributed by atoms with van der Waals surface area (Å²) >= 11 is 5.02. The van der Waals surface area contributed by atoms with Crippen LogP contribution in [0.4, 0.5) is 0 Å². The van der Waals surface area contributed by atoms with Gasteiger partial charge in [0.15, 0.2) is 6.10 Å². The summed E-state index contributed by atoms with van der Waals surface area (Å²) in [6, 6.07) is 8.92. The van der Waals surface area contributed by atoms with Gasteiger partial charge in [0.25, 0.3) is 0 Å². The molecule has 2 aliphatic rings. The van der Waals surface area contributed by atoms with E-state index >= 15 is 0 Å². The Balaban J connectivity index is 1.67. The van der Waals surface area contributed by atoms with E-state index < -0.39 is 6.10 Å². The highest BCUT2D eigenvalue weighted by atomic mass is 32.1. The molecule has 0 N–H and O–H groups in total. The number of carbonyl (C=O) groups is 1. The SMILES string of the molecule is CC(C)(C)OC[C@@H]1C[C@@H](OC(=O)c2ccccc2)[C@H]2OC(=S)O[C@@H]12. The average molecular weight is 350 g/mol. The van der Waals surface area contributed by atoms with E-state index in [9.17, 15) is 4.79 Å². The smallest absolute Gasteiger partial charge is 0.353 e. The molecule has 1 heterocycles. The fourth-order valence-electron chi connectivity index (χ4n) is 3.02. The summed E-state index contributed by atoms with van der Waals surface area (Å²) in [5.74, 6) is -0.290. The molecule has 1 aromatic rings. The molecule has 4 atom stereocenters. The maximum Gasteiger partial charge on any atom is 0.353 e. The highest BCUT2D eigenvalue weighted by molar-refractivity contribution is 7.79. The predicted molar refractivity (Wildman–Crippen MR) is 91.8 cm³/mol. The summed E-state index contributed by atoms with van der Waals surface area (Å²) in [6.07, 6.45) is -0.351. The summed E-state index contributed by atoms with van der Waals surface area (Å²) in [5, 5.41) is 0.117. The van der Waals surface area contributed by atoms with E-state index in [4.69, 9.17) is 31.2 Å². The van der Waals surface area contributed by atoms with Gasteiger partial charge < -0.3 is 18.9 Å². The quantitative estimate of drug-likeness (QED) is 0.614. The molecule has 1 aromatic carbocycles. The first-order chi connectivity index (χ1) is 11.3. The lowest BCUT2D eigenvalue weighted by atomic mass is 10.1. The molecule has 3 rings (SSSR count). The number of thiocarbonyl (C=S) groups is 1.